The number of hydrogen-bond acceptors (Lipinski definition) is 2. The second-order valence-electron chi connectivity index (χ2n) is 7.04. The van der Waals surface area contributed by atoms with E-state index in [0.29, 0.717) is 24.8 Å². The Morgan fingerprint density at radius 2 is 1.74 bits per heavy atom. The van der Waals surface area contributed by atoms with E-state index in [4.69, 9.17) is 0 Å². The van der Waals surface area contributed by atoms with Crippen molar-refractivity contribution in [3.63, 3.8) is 0 Å². The summed E-state index contributed by atoms with van der Waals surface area (Å²) >= 11 is 0. The number of nitrogens with zero attached hydrogens (tertiary/aromatic N) is 2. The summed E-state index contributed by atoms with van der Waals surface area (Å²) in [5, 5.41) is 3.04. The molecule has 5 nitrogen and oxygen atoms in total. The highest BCUT2D eigenvalue weighted by molar-refractivity contribution is 5.96. The first-order valence-electron chi connectivity index (χ1n) is 8.43. The highest BCUT2D eigenvalue weighted by atomic mass is 16.2. The first-order valence-corrected chi connectivity index (χ1v) is 8.43. The molecule has 1 aromatic carbocycles. The maximum absolute atomic E-state index is 12.5. The minimum absolute atomic E-state index is 0.0314. The Kier molecular flexibility index (Phi) is 4.55. The Hall–Kier alpha value is -2.04. The van der Waals surface area contributed by atoms with Crippen LogP contribution < -0.4 is 10.2 Å². The van der Waals surface area contributed by atoms with E-state index in [-0.39, 0.29) is 18.0 Å². The van der Waals surface area contributed by atoms with Gasteiger partial charge >= 0.3 is 6.03 Å². The van der Waals surface area contributed by atoms with E-state index in [2.05, 4.69) is 19.2 Å². The number of amides is 3. The van der Waals surface area contributed by atoms with E-state index in [1.165, 1.54) is 6.42 Å². The van der Waals surface area contributed by atoms with Gasteiger partial charge in [0.05, 0.1) is 6.04 Å². The van der Waals surface area contributed by atoms with Gasteiger partial charge in [-0.05, 0) is 30.4 Å². The summed E-state index contributed by atoms with van der Waals surface area (Å²) < 4.78 is 0. The van der Waals surface area contributed by atoms with Crippen molar-refractivity contribution in [3.8, 4) is 0 Å². The van der Waals surface area contributed by atoms with Crippen molar-refractivity contribution in [3.05, 3.63) is 30.3 Å². The average Bonchev–Trinajstić information content (AvgIpc) is 2.87. The molecule has 0 spiro atoms. The van der Waals surface area contributed by atoms with Crippen LogP contribution in [0.25, 0.3) is 0 Å². The molecule has 3 atom stereocenters. The van der Waals surface area contributed by atoms with Crippen molar-refractivity contribution >= 4 is 17.6 Å². The van der Waals surface area contributed by atoms with Gasteiger partial charge in [0.1, 0.15) is 0 Å². The maximum Gasteiger partial charge on any atom is 0.317 e. The van der Waals surface area contributed by atoms with Gasteiger partial charge in [-0.25, -0.2) is 4.79 Å². The molecule has 0 saturated carbocycles. The zero-order valence-corrected chi connectivity index (χ0v) is 13.9. The van der Waals surface area contributed by atoms with Crippen molar-refractivity contribution in [2.45, 2.75) is 32.7 Å². The Bertz CT molecular complexity index is 565. The lowest BCUT2D eigenvalue weighted by Crippen LogP contribution is -2.50. The number of para-hydroxylation sites is 1. The lowest BCUT2D eigenvalue weighted by molar-refractivity contribution is -0.117. The molecular weight excluding hydrogens is 290 g/mol. The molecule has 0 aliphatic carbocycles. The van der Waals surface area contributed by atoms with Gasteiger partial charge in [-0.1, -0.05) is 32.0 Å². The molecule has 2 saturated heterocycles. The first-order chi connectivity index (χ1) is 11.0. The van der Waals surface area contributed by atoms with Crippen molar-refractivity contribution in [2.75, 3.05) is 24.5 Å². The van der Waals surface area contributed by atoms with Crippen LogP contribution in [0.3, 0.4) is 0 Å². The molecule has 2 aliphatic rings. The molecule has 0 aromatic heterocycles. The molecule has 0 bridgehead atoms. The van der Waals surface area contributed by atoms with Crippen LogP contribution in [0.1, 0.15) is 26.7 Å². The SMILES string of the molecule is C[C@H]1C[C@H](C)CN(C(=O)N[C@@H]2CC(=O)N(c3ccccc3)C2)C1. The number of piperidine rings is 1. The van der Waals surface area contributed by atoms with Crippen molar-refractivity contribution < 1.29 is 9.59 Å². The fourth-order valence-electron chi connectivity index (χ4n) is 3.76. The smallest absolute Gasteiger partial charge is 0.317 e. The monoisotopic (exact) mass is 315 g/mol. The number of benzene rings is 1. The van der Waals surface area contributed by atoms with E-state index < -0.39 is 0 Å². The molecule has 0 unspecified atom stereocenters. The van der Waals surface area contributed by atoms with E-state index in [1.807, 2.05) is 35.2 Å². The molecule has 1 aromatic rings. The standard InChI is InChI=1S/C18H25N3O2/c1-13-8-14(2)11-20(10-13)18(23)19-15-9-17(22)21(12-15)16-6-4-3-5-7-16/h3-7,13-15H,8-12H2,1-2H3,(H,19,23)/t13-,14-,15+/m0/s1. The Morgan fingerprint density at radius 1 is 1.09 bits per heavy atom. The Morgan fingerprint density at radius 3 is 2.39 bits per heavy atom. The average molecular weight is 315 g/mol. The van der Waals surface area contributed by atoms with Gasteiger partial charge in [0.25, 0.3) is 0 Å². The number of likely N-dealkylation sites (tertiary alicyclic amines) is 1. The first kappa shape index (κ1) is 15.8. The van der Waals surface area contributed by atoms with Crippen LogP contribution in [-0.2, 0) is 4.79 Å². The summed E-state index contributed by atoms with van der Waals surface area (Å²) in [6.07, 6.45) is 1.55. The fourth-order valence-corrected chi connectivity index (χ4v) is 3.76. The van der Waals surface area contributed by atoms with Crippen LogP contribution in [-0.4, -0.2) is 42.5 Å². The minimum Gasteiger partial charge on any atom is -0.333 e. The van der Waals surface area contributed by atoms with Gasteiger partial charge in [-0.15, -0.1) is 0 Å². The molecule has 2 fully saturated rings. The van der Waals surface area contributed by atoms with Crippen LogP contribution in [0.2, 0.25) is 0 Å². The van der Waals surface area contributed by atoms with Crippen LogP contribution in [0.4, 0.5) is 10.5 Å². The molecular formula is C18H25N3O2. The van der Waals surface area contributed by atoms with Crippen molar-refractivity contribution in [2.24, 2.45) is 11.8 Å². The number of hydrogen-bond donors (Lipinski definition) is 1. The second-order valence-corrected chi connectivity index (χ2v) is 7.04. The second kappa shape index (κ2) is 6.60. The van der Waals surface area contributed by atoms with Gasteiger partial charge < -0.3 is 15.1 Å². The maximum atomic E-state index is 12.5. The number of anilines is 1. The lowest BCUT2D eigenvalue weighted by Gasteiger charge is -2.35. The summed E-state index contributed by atoms with van der Waals surface area (Å²) in [5.41, 5.74) is 0.898. The van der Waals surface area contributed by atoms with E-state index in [0.717, 1.165) is 18.8 Å². The predicted octanol–water partition coefficient (Wildman–Crippen LogP) is 2.48. The van der Waals surface area contributed by atoms with E-state index in [1.54, 1.807) is 4.90 Å². The lowest BCUT2D eigenvalue weighted by atomic mass is 9.92. The Balaban J connectivity index is 1.59. The summed E-state index contributed by atoms with van der Waals surface area (Å²) in [6.45, 7) is 6.53. The summed E-state index contributed by atoms with van der Waals surface area (Å²) in [7, 11) is 0. The molecule has 0 radical (unpaired) electrons. The number of carbonyl (C=O) groups excluding carboxylic acids is 2. The number of rotatable bonds is 2. The zero-order chi connectivity index (χ0) is 16.4. The molecule has 2 aliphatic heterocycles. The zero-order valence-electron chi connectivity index (χ0n) is 13.9. The summed E-state index contributed by atoms with van der Waals surface area (Å²) in [5.74, 6) is 1.15. The van der Waals surface area contributed by atoms with Crippen LogP contribution in [0.15, 0.2) is 30.3 Å². The fraction of sp³-hybridized carbons (Fsp3) is 0.556. The largest absolute Gasteiger partial charge is 0.333 e. The summed E-state index contributed by atoms with van der Waals surface area (Å²) in [4.78, 5) is 28.3. The van der Waals surface area contributed by atoms with Crippen LogP contribution in [0, 0.1) is 11.8 Å². The molecule has 5 heteroatoms. The van der Waals surface area contributed by atoms with Gasteiger partial charge in [0, 0.05) is 31.7 Å². The van der Waals surface area contributed by atoms with Crippen LogP contribution >= 0.6 is 0 Å². The summed E-state index contributed by atoms with van der Waals surface area (Å²) in [6, 6.07) is 9.49. The minimum atomic E-state index is -0.109. The normalized spacial score (nSPS) is 28.1. The van der Waals surface area contributed by atoms with Gasteiger partial charge in [0.15, 0.2) is 0 Å². The number of urea groups is 1. The third kappa shape index (κ3) is 3.66. The topological polar surface area (TPSA) is 52.7 Å². The molecule has 3 amide bonds. The predicted molar refractivity (Wildman–Crippen MR) is 90.2 cm³/mol. The third-order valence-electron chi connectivity index (χ3n) is 4.68. The van der Waals surface area contributed by atoms with Gasteiger partial charge in [-0.2, -0.15) is 0 Å². The van der Waals surface area contributed by atoms with Gasteiger partial charge in [0.2, 0.25) is 5.91 Å². The quantitative estimate of drug-likeness (QED) is 0.911. The van der Waals surface area contributed by atoms with E-state index in [9.17, 15) is 9.59 Å². The molecule has 1 N–H and O–H groups in total. The van der Waals surface area contributed by atoms with Gasteiger partial charge in [-0.3, -0.25) is 4.79 Å². The van der Waals surface area contributed by atoms with Crippen molar-refractivity contribution in [1.82, 2.24) is 10.2 Å². The third-order valence-corrected chi connectivity index (χ3v) is 4.68. The van der Waals surface area contributed by atoms with Crippen molar-refractivity contribution in [1.29, 1.82) is 0 Å². The highest BCUT2D eigenvalue weighted by Crippen LogP contribution is 2.23. The molecule has 23 heavy (non-hydrogen) atoms. The number of carbonyl (C=O) groups is 2. The molecule has 2 heterocycles. The van der Waals surface area contributed by atoms with Crippen LogP contribution in [0.5, 0.6) is 0 Å². The molecule has 3 rings (SSSR count). The Labute approximate surface area is 137 Å². The highest BCUT2D eigenvalue weighted by Gasteiger charge is 2.33. The molecule has 124 valence electrons. The van der Waals surface area contributed by atoms with E-state index >= 15 is 0 Å². The number of nitrogens with one attached hydrogen (secondary N) is 1.